The Kier molecular flexibility index (Phi) is 4.59. The molecule has 0 fully saturated rings. The van der Waals surface area contributed by atoms with Crippen molar-refractivity contribution in [2.45, 2.75) is 19.1 Å². The third kappa shape index (κ3) is 4.11. The van der Waals surface area contributed by atoms with E-state index >= 15 is 0 Å². The van der Waals surface area contributed by atoms with Gasteiger partial charge in [0.15, 0.2) is 0 Å². The first kappa shape index (κ1) is 13.6. The van der Waals surface area contributed by atoms with Crippen LogP contribution in [0.1, 0.15) is 23.8 Å². The van der Waals surface area contributed by atoms with Crippen LogP contribution in [0.15, 0.2) is 35.2 Å². The average molecular weight is 280 g/mol. The first-order valence-electron chi connectivity index (χ1n) is 5.72. The number of benzene rings is 1. The molecule has 2 N–H and O–H groups in total. The summed E-state index contributed by atoms with van der Waals surface area (Å²) in [6, 6.07) is 5.60. The van der Waals surface area contributed by atoms with Crippen LogP contribution in [0.4, 0.5) is 4.39 Å². The van der Waals surface area contributed by atoms with Gasteiger partial charge in [-0.1, -0.05) is 12.1 Å². The van der Waals surface area contributed by atoms with Crippen LogP contribution in [0.3, 0.4) is 0 Å². The zero-order valence-electron chi connectivity index (χ0n) is 10.0. The number of rotatable bonds is 5. The van der Waals surface area contributed by atoms with E-state index in [1.807, 2.05) is 5.38 Å². The zero-order chi connectivity index (χ0) is 13.7. The molecule has 0 spiro atoms. The Bertz CT molecular complexity index is 545. The maximum absolute atomic E-state index is 13.0. The minimum Gasteiger partial charge on any atom is -0.388 e. The molecule has 1 aromatic heterocycles. The standard InChI is InChI=1S/C13H13FN2O2S/c14-10-3-1-2-9(4-10)12(17)5-13(18)15-6-11-7-19-8-16-11/h1-4,7-8,12,17H,5-6H2,(H,15,18). The van der Waals surface area contributed by atoms with Crippen molar-refractivity contribution in [3.8, 4) is 0 Å². The van der Waals surface area contributed by atoms with Crippen molar-refractivity contribution in [1.82, 2.24) is 10.3 Å². The van der Waals surface area contributed by atoms with E-state index in [4.69, 9.17) is 0 Å². The largest absolute Gasteiger partial charge is 0.388 e. The van der Waals surface area contributed by atoms with Crippen molar-refractivity contribution >= 4 is 17.2 Å². The number of carbonyl (C=O) groups is 1. The summed E-state index contributed by atoms with van der Waals surface area (Å²) in [6.45, 7) is 0.332. The van der Waals surface area contributed by atoms with Crippen LogP contribution in [0, 0.1) is 5.82 Å². The van der Waals surface area contributed by atoms with Crippen LogP contribution < -0.4 is 5.32 Å². The lowest BCUT2D eigenvalue weighted by molar-refractivity contribution is -0.123. The van der Waals surface area contributed by atoms with E-state index in [0.29, 0.717) is 12.1 Å². The van der Waals surface area contributed by atoms with Gasteiger partial charge in [0.2, 0.25) is 5.91 Å². The molecule has 100 valence electrons. The Hall–Kier alpha value is -1.79. The van der Waals surface area contributed by atoms with Crippen LogP contribution in [-0.4, -0.2) is 16.0 Å². The molecule has 0 saturated carbocycles. The summed E-state index contributed by atoms with van der Waals surface area (Å²) in [4.78, 5) is 15.6. The number of nitrogens with one attached hydrogen (secondary N) is 1. The summed E-state index contributed by atoms with van der Waals surface area (Å²) < 4.78 is 13.0. The van der Waals surface area contributed by atoms with Gasteiger partial charge < -0.3 is 10.4 Å². The van der Waals surface area contributed by atoms with Crippen molar-refractivity contribution in [3.63, 3.8) is 0 Å². The number of aliphatic hydroxyl groups is 1. The van der Waals surface area contributed by atoms with Crippen molar-refractivity contribution in [2.75, 3.05) is 0 Å². The lowest BCUT2D eigenvalue weighted by Crippen LogP contribution is -2.24. The van der Waals surface area contributed by atoms with Gasteiger partial charge in [0.05, 0.1) is 30.3 Å². The fourth-order valence-electron chi connectivity index (χ4n) is 1.59. The molecule has 4 nitrogen and oxygen atoms in total. The number of hydrogen-bond acceptors (Lipinski definition) is 4. The molecule has 6 heteroatoms. The predicted octanol–water partition coefficient (Wildman–Crippen LogP) is 2.02. The molecule has 0 radical (unpaired) electrons. The first-order chi connectivity index (χ1) is 9.15. The van der Waals surface area contributed by atoms with Gasteiger partial charge in [-0.25, -0.2) is 9.37 Å². The van der Waals surface area contributed by atoms with E-state index in [1.54, 1.807) is 11.6 Å². The molecule has 19 heavy (non-hydrogen) atoms. The van der Waals surface area contributed by atoms with Crippen LogP contribution in [0.2, 0.25) is 0 Å². The molecule has 0 aliphatic carbocycles. The first-order valence-corrected chi connectivity index (χ1v) is 6.66. The number of amides is 1. The monoisotopic (exact) mass is 280 g/mol. The van der Waals surface area contributed by atoms with Crippen LogP contribution in [0.5, 0.6) is 0 Å². The lowest BCUT2D eigenvalue weighted by Gasteiger charge is -2.10. The second-order valence-electron chi connectivity index (χ2n) is 4.03. The molecular formula is C13H13FN2O2S. The number of halogens is 1. The van der Waals surface area contributed by atoms with E-state index < -0.39 is 11.9 Å². The fraction of sp³-hybridized carbons (Fsp3) is 0.231. The Labute approximate surface area is 113 Å². The molecule has 1 amide bonds. The van der Waals surface area contributed by atoms with Gasteiger partial charge in [0.1, 0.15) is 5.82 Å². The molecule has 1 heterocycles. The van der Waals surface area contributed by atoms with E-state index in [1.165, 1.54) is 29.5 Å². The molecule has 0 bridgehead atoms. The van der Waals surface area contributed by atoms with Crippen molar-refractivity contribution in [3.05, 3.63) is 52.2 Å². The number of aliphatic hydroxyl groups excluding tert-OH is 1. The maximum atomic E-state index is 13.0. The molecule has 0 aliphatic rings. The van der Waals surface area contributed by atoms with E-state index in [9.17, 15) is 14.3 Å². The fourth-order valence-corrected chi connectivity index (χ4v) is 2.15. The number of hydrogen-bond donors (Lipinski definition) is 2. The van der Waals surface area contributed by atoms with E-state index in [2.05, 4.69) is 10.3 Å². The molecule has 0 aliphatic heterocycles. The summed E-state index contributed by atoms with van der Waals surface area (Å²) in [5, 5.41) is 14.3. The predicted molar refractivity (Wildman–Crippen MR) is 69.9 cm³/mol. The number of thiazole rings is 1. The molecule has 2 rings (SSSR count). The molecule has 1 unspecified atom stereocenters. The van der Waals surface area contributed by atoms with E-state index in [0.717, 1.165) is 5.69 Å². The second kappa shape index (κ2) is 6.40. The van der Waals surface area contributed by atoms with Gasteiger partial charge in [0, 0.05) is 5.38 Å². The minimum absolute atomic E-state index is 0.104. The highest BCUT2D eigenvalue weighted by Gasteiger charge is 2.13. The Balaban J connectivity index is 1.84. The second-order valence-corrected chi connectivity index (χ2v) is 4.75. The third-order valence-electron chi connectivity index (χ3n) is 2.56. The van der Waals surface area contributed by atoms with Crippen LogP contribution in [-0.2, 0) is 11.3 Å². The average Bonchev–Trinajstić information content (AvgIpc) is 2.89. The Morgan fingerprint density at radius 3 is 3.05 bits per heavy atom. The minimum atomic E-state index is -1.01. The van der Waals surface area contributed by atoms with Crippen molar-refractivity contribution in [1.29, 1.82) is 0 Å². The Morgan fingerprint density at radius 1 is 1.53 bits per heavy atom. The van der Waals surface area contributed by atoms with Crippen LogP contribution >= 0.6 is 11.3 Å². The number of carbonyl (C=O) groups excluding carboxylic acids is 1. The van der Waals surface area contributed by atoms with Gasteiger partial charge in [-0.15, -0.1) is 11.3 Å². The van der Waals surface area contributed by atoms with Gasteiger partial charge in [-0.3, -0.25) is 4.79 Å². The highest BCUT2D eigenvalue weighted by atomic mass is 32.1. The number of aromatic nitrogens is 1. The highest BCUT2D eigenvalue weighted by Crippen LogP contribution is 2.17. The third-order valence-corrected chi connectivity index (χ3v) is 3.20. The normalized spacial score (nSPS) is 12.1. The smallest absolute Gasteiger partial charge is 0.223 e. The van der Waals surface area contributed by atoms with Crippen molar-refractivity contribution in [2.24, 2.45) is 0 Å². The maximum Gasteiger partial charge on any atom is 0.223 e. The summed E-state index contributed by atoms with van der Waals surface area (Å²) in [6.07, 6.45) is -1.11. The molecule has 2 aromatic rings. The quantitative estimate of drug-likeness (QED) is 0.881. The van der Waals surface area contributed by atoms with Gasteiger partial charge >= 0.3 is 0 Å². The molecule has 1 aromatic carbocycles. The van der Waals surface area contributed by atoms with Gasteiger partial charge in [0.25, 0.3) is 0 Å². The highest BCUT2D eigenvalue weighted by molar-refractivity contribution is 7.07. The SMILES string of the molecule is O=C(CC(O)c1cccc(F)c1)NCc1cscn1. The summed E-state index contributed by atoms with van der Waals surface area (Å²) in [7, 11) is 0. The Morgan fingerprint density at radius 2 is 2.37 bits per heavy atom. The molecule has 0 saturated heterocycles. The van der Waals surface area contributed by atoms with Gasteiger partial charge in [-0.2, -0.15) is 0 Å². The topological polar surface area (TPSA) is 62.2 Å². The molecular weight excluding hydrogens is 267 g/mol. The summed E-state index contributed by atoms with van der Waals surface area (Å²) >= 11 is 1.45. The summed E-state index contributed by atoms with van der Waals surface area (Å²) in [5.41, 5.74) is 2.85. The number of nitrogens with zero attached hydrogens (tertiary/aromatic N) is 1. The lowest BCUT2D eigenvalue weighted by atomic mass is 10.1. The van der Waals surface area contributed by atoms with Gasteiger partial charge in [-0.05, 0) is 17.7 Å². The van der Waals surface area contributed by atoms with Crippen LogP contribution in [0.25, 0.3) is 0 Å². The summed E-state index contributed by atoms with van der Waals surface area (Å²) in [5.74, 6) is -0.732. The zero-order valence-corrected chi connectivity index (χ0v) is 10.9. The molecule has 1 atom stereocenters. The van der Waals surface area contributed by atoms with E-state index in [-0.39, 0.29) is 12.3 Å². The van der Waals surface area contributed by atoms with Crippen molar-refractivity contribution < 1.29 is 14.3 Å².